The molecule has 6 N–H and O–H groups in total. The number of phenols is 3. The second kappa shape index (κ2) is 18.9. The van der Waals surface area contributed by atoms with Crippen LogP contribution in [0.1, 0.15) is 131 Å². The quantitative estimate of drug-likeness (QED) is 0.0783. The molecule has 3 fully saturated rings. The number of nitrogens with zero attached hydrogens (tertiary/aromatic N) is 1. The van der Waals surface area contributed by atoms with Gasteiger partial charge in [-0.25, -0.2) is 0 Å². The van der Waals surface area contributed by atoms with Crippen molar-refractivity contribution < 1.29 is 49.6 Å². The van der Waals surface area contributed by atoms with Gasteiger partial charge in [0.25, 0.3) is 0 Å². The molecule has 1 aromatic heterocycles. The molecule has 9 aliphatic rings. The number of aliphatic hydroxyl groups excluding tert-OH is 3. The molecule has 15 heteroatoms. The summed E-state index contributed by atoms with van der Waals surface area (Å²) in [6.07, 6.45) is 13.7. The summed E-state index contributed by atoms with van der Waals surface area (Å²) in [6, 6.07) is 11.3. The van der Waals surface area contributed by atoms with Gasteiger partial charge in [-0.1, -0.05) is 88.4 Å². The number of ether oxygens (including phenoxy) is 4. The average Bonchev–Trinajstić information content (AvgIpc) is 3.89. The molecular weight excluding hydrogens is 951 g/mol. The van der Waals surface area contributed by atoms with Gasteiger partial charge in [-0.05, 0) is 127 Å². The Kier molecular flexibility index (Phi) is 13.1. The van der Waals surface area contributed by atoms with E-state index in [4.69, 9.17) is 18.9 Å². The molecule has 13 rings (SSSR count). The number of benzene rings is 3. The van der Waals surface area contributed by atoms with Gasteiger partial charge in [0.05, 0.1) is 26.9 Å². The molecule has 1 saturated heterocycles. The van der Waals surface area contributed by atoms with Crippen LogP contribution in [0.2, 0.25) is 0 Å². The maximum absolute atomic E-state index is 13.6. The minimum Gasteiger partial charge on any atom is -0.670 e. The lowest BCUT2D eigenvalue weighted by atomic mass is 9.56. The van der Waals surface area contributed by atoms with Gasteiger partial charge in [0.1, 0.15) is 30.0 Å². The van der Waals surface area contributed by atoms with E-state index in [1.165, 1.54) is 24.7 Å². The maximum Gasteiger partial charge on any atom is 0.207 e. The Morgan fingerprint density at radius 3 is 2.49 bits per heavy atom. The van der Waals surface area contributed by atoms with Crippen molar-refractivity contribution in [3.8, 4) is 51.4 Å². The third kappa shape index (κ3) is 7.75. The molecule has 5 aliphatic heterocycles. The molecule has 69 heavy (non-hydrogen) atoms. The largest absolute Gasteiger partial charge is 0.670 e. The number of aliphatic hydroxyl groups is 3. The van der Waals surface area contributed by atoms with Gasteiger partial charge in [-0.15, -0.1) is 0 Å². The fraction of sp³-hybridized carbons (Fsp3) is 0.556. The highest BCUT2D eigenvalue weighted by Crippen LogP contribution is 2.70. The topological polar surface area (TPSA) is 172 Å². The first-order chi connectivity index (χ1) is 33.5. The molecule has 370 valence electrons. The van der Waals surface area contributed by atoms with Crippen LogP contribution in [0, 0.1) is 11.8 Å². The number of fused-ring (bicyclic) bond motifs is 5. The predicted octanol–water partition coefficient (Wildman–Crippen LogP) is 11.0. The summed E-state index contributed by atoms with van der Waals surface area (Å²) in [7, 11) is 9.11. The van der Waals surface area contributed by atoms with Crippen molar-refractivity contribution >= 4 is 48.7 Å². The van der Waals surface area contributed by atoms with E-state index >= 15 is 0 Å². The zero-order chi connectivity index (χ0) is 47.8. The second-order valence-electron chi connectivity index (χ2n) is 20.9. The second-order valence-corrected chi connectivity index (χ2v) is 26.3. The molecule has 3 aromatic carbocycles. The fourth-order valence-electron chi connectivity index (χ4n) is 13.5. The Hall–Kier alpha value is -3.44. The van der Waals surface area contributed by atoms with E-state index in [0.29, 0.717) is 48.5 Å². The summed E-state index contributed by atoms with van der Waals surface area (Å²) in [6.45, 7) is 4.07. The SMILES string of the molecule is COc1c(O)c(OCCC(C)C)cc(C23CCC4SSC5CC6CCC7c8cc(O)ccc8-c8c(OCCO)cc(c(c8C7(CO)CSSC7(CCCCC7)C5=C(c5cc[n-]c5)C6)C4C2O)O3)c1O. The third-order valence-corrected chi connectivity index (χ3v) is 23.3. The zero-order valence-electron chi connectivity index (χ0n) is 39.6. The molecule has 4 aliphatic carbocycles. The van der Waals surface area contributed by atoms with Crippen LogP contribution in [-0.2, 0) is 11.0 Å². The first-order valence-electron chi connectivity index (χ1n) is 24.9. The smallest absolute Gasteiger partial charge is 0.207 e. The fourth-order valence-corrected chi connectivity index (χ4v) is 21.2. The maximum atomic E-state index is 13.6. The van der Waals surface area contributed by atoms with E-state index in [1.807, 2.05) is 67.6 Å². The Bertz CT molecular complexity index is 2620. The molecule has 6 heterocycles. The van der Waals surface area contributed by atoms with Crippen molar-refractivity contribution in [1.29, 1.82) is 0 Å². The van der Waals surface area contributed by atoms with Crippen molar-refractivity contribution in [2.24, 2.45) is 11.8 Å². The summed E-state index contributed by atoms with van der Waals surface area (Å²) < 4.78 is 25.8. The summed E-state index contributed by atoms with van der Waals surface area (Å²) in [5, 5.41) is 71.7. The van der Waals surface area contributed by atoms with Crippen LogP contribution < -0.4 is 23.9 Å². The molecule has 0 amide bonds. The molecule has 0 radical (unpaired) electrons. The summed E-state index contributed by atoms with van der Waals surface area (Å²) in [4.78, 5) is 4.63. The number of aromatic nitrogens is 1. The van der Waals surface area contributed by atoms with Gasteiger partial charge in [-0.2, -0.15) is 12.4 Å². The first kappa shape index (κ1) is 47.9. The van der Waals surface area contributed by atoms with Crippen molar-refractivity contribution in [3.05, 3.63) is 82.2 Å². The Morgan fingerprint density at radius 1 is 0.913 bits per heavy atom. The highest BCUT2D eigenvalue weighted by atomic mass is 33.1. The molecule has 11 nitrogen and oxygen atoms in total. The molecule has 4 aromatic rings. The summed E-state index contributed by atoms with van der Waals surface area (Å²) >= 11 is 0. The van der Waals surface area contributed by atoms with Crippen LogP contribution in [-0.4, -0.2) is 91.3 Å². The van der Waals surface area contributed by atoms with Crippen molar-refractivity contribution in [2.45, 2.75) is 135 Å². The number of methoxy groups -OCH3 is 1. The third-order valence-electron chi connectivity index (χ3n) is 16.7. The monoisotopic (exact) mass is 1010 g/mol. The average molecular weight is 1020 g/mol. The standard InChI is InChI=1S/C54H64NO10S4/c1-29(2)13-19-63-40-24-37(48(59)50(62-3)49(40)60)54-16-11-41-45(51(54)61)44-39(65-54)25-38(64-20-18-56)43-33-9-8-32(58)23-35(33)36-10-7-30-21-34(31-12-17-55-26-31)46(42(22-30)68-67-41)53(14-5-4-6-15-53)69-66-28-52(36,27-57)47(43)44/h8-9,12,17,23-26,29-30,36,41-42,45,51,56-61H,4-7,10-11,13-16,18-22,27-28H2,1-3H3/q-1. The van der Waals surface area contributed by atoms with Crippen LogP contribution in [0.4, 0.5) is 0 Å². The normalized spacial score (nSPS) is 29.8. The van der Waals surface area contributed by atoms with Crippen LogP contribution in [0.25, 0.3) is 16.7 Å². The van der Waals surface area contributed by atoms with E-state index in [0.717, 1.165) is 85.6 Å². The minimum atomic E-state index is -1.53. The van der Waals surface area contributed by atoms with Crippen molar-refractivity contribution in [1.82, 2.24) is 4.98 Å². The molecule has 1 spiro atoms. The highest BCUT2D eigenvalue weighted by molar-refractivity contribution is 8.77. The number of phenolic OH excluding ortho intramolecular Hbond substituents is 3. The highest BCUT2D eigenvalue weighted by Gasteiger charge is 2.62. The number of rotatable bonds is 11. The summed E-state index contributed by atoms with van der Waals surface area (Å²) in [5.74, 6) is 0.864. The molecule has 8 atom stereocenters. The number of aromatic hydroxyl groups is 3. The lowest BCUT2D eigenvalue weighted by Crippen LogP contribution is -2.57. The lowest BCUT2D eigenvalue weighted by Gasteiger charge is -2.55. The minimum absolute atomic E-state index is 0.0000732. The van der Waals surface area contributed by atoms with Crippen LogP contribution >= 0.6 is 43.2 Å². The zero-order valence-corrected chi connectivity index (χ0v) is 42.8. The van der Waals surface area contributed by atoms with E-state index in [9.17, 15) is 30.6 Å². The van der Waals surface area contributed by atoms with E-state index in [1.54, 1.807) is 17.7 Å². The van der Waals surface area contributed by atoms with E-state index in [-0.39, 0.29) is 75.3 Å². The van der Waals surface area contributed by atoms with Gasteiger partial charge >= 0.3 is 0 Å². The molecule has 2 saturated carbocycles. The van der Waals surface area contributed by atoms with Gasteiger partial charge < -0.3 is 54.6 Å². The van der Waals surface area contributed by atoms with Gasteiger partial charge in [0.15, 0.2) is 17.1 Å². The Morgan fingerprint density at radius 2 is 1.74 bits per heavy atom. The van der Waals surface area contributed by atoms with E-state index < -0.39 is 23.0 Å². The van der Waals surface area contributed by atoms with E-state index in [2.05, 4.69) is 31.1 Å². The van der Waals surface area contributed by atoms with Gasteiger partial charge in [0, 0.05) is 55.1 Å². The molecular formula is C54H64NO10S4-. The molecule has 8 unspecified atom stereocenters. The van der Waals surface area contributed by atoms with Crippen LogP contribution in [0.15, 0.2) is 54.4 Å². The Labute approximate surface area is 420 Å². The first-order valence-corrected chi connectivity index (χ1v) is 29.5. The van der Waals surface area contributed by atoms with Gasteiger partial charge in [0.2, 0.25) is 11.5 Å². The molecule has 8 bridgehead atoms. The number of hydrogen-bond acceptors (Lipinski definition) is 14. The number of allylic oxidation sites excluding steroid dienone is 1. The van der Waals surface area contributed by atoms with Crippen molar-refractivity contribution in [3.63, 3.8) is 0 Å². The number of hydrogen-bond donors (Lipinski definition) is 6. The predicted molar refractivity (Wildman–Crippen MR) is 276 cm³/mol. The lowest BCUT2D eigenvalue weighted by molar-refractivity contribution is -0.112. The van der Waals surface area contributed by atoms with Gasteiger partial charge in [-0.3, -0.25) is 0 Å². The van der Waals surface area contributed by atoms with Crippen LogP contribution in [0.5, 0.6) is 40.2 Å². The van der Waals surface area contributed by atoms with Crippen LogP contribution in [0.3, 0.4) is 0 Å². The van der Waals surface area contributed by atoms with Crippen molar-refractivity contribution in [2.75, 3.05) is 39.3 Å². The Balaban J connectivity index is 1.20. The summed E-state index contributed by atoms with van der Waals surface area (Å²) in [5.41, 5.74) is 6.38.